The average molecular weight is 224 g/mol. The third-order valence-electron chi connectivity index (χ3n) is 2.13. The molecule has 0 aliphatic carbocycles. The highest BCUT2D eigenvalue weighted by atomic mass is 16.3. The zero-order valence-electron chi connectivity index (χ0n) is 9.33. The molecule has 0 radical (unpaired) electrons. The first-order chi connectivity index (χ1) is 7.56. The number of hydrogen-bond donors (Lipinski definition) is 2. The maximum atomic E-state index is 10.8. The Bertz CT molecular complexity index is 359. The standard InChI is InChI=1S/C10H16N4O2/c1-7(2)9(6-15)14(12)5-8(11)10-13-3-4-16-10/h3-7,9H,11-12H2,1-2H3/b8-5-. The molecule has 0 saturated carbocycles. The lowest BCUT2D eigenvalue weighted by Crippen LogP contribution is -2.41. The van der Waals surface area contributed by atoms with Crippen LogP contribution in [0.4, 0.5) is 0 Å². The van der Waals surface area contributed by atoms with Crippen molar-refractivity contribution in [3.05, 3.63) is 24.6 Å². The molecular weight excluding hydrogens is 208 g/mol. The van der Waals surface area contributed by atoms with E-state index in [0.717, 1.165) is 6.29 Å². The minimum absolute atomic E-state index is 0.0936. The van der Waals surface area contributed by atoms with E-state index in [1.165, 1.54) is 23.7 Å². The average Bonchev–Trinajstić information content (AvgIpc) is 2.70. The maximum Gasteiger partial charge on any atom is 0.243 e. The maximum absolute atomic E-state index is 10.8. The topological polar surface area (TPSA) is 98.4 Å². The number of aldehydes is 1. The van der Waals surface area contributed by atoms with E-state index < -0.39 is 6.04 Å². The van der Waals surface area contributed by atoms with Crippen LogP contribution < -0.4 is 11.6 Å². The molecule has 1 aromatic heterocycles. The van der Waals surface area contributed by atoms with Crippen LogP contribution in [-0.2, 0) is 4.79 Å². The summed E-state index contributed by atoms with van der Waals surface area (Å²) in [5.41, 5.74) is 5.98. The Kier molecular flexibility index (Phi) is 4.07. The van der Waals surface area contributed by atoms with Gasteiger partial charge in [-0.05, 0) is 5.92 Å². The van der Waals surface area contributed by atoms with Crippen molar-refractivity contribution in [1.29, 1.82) is 0 Å². The van der Waals surface area contributed by atoms with Crippen molar-refractivity contribution in [3.8, 4) is 0 Å². The predicted octanol–water partition coefficient (Wildman–Crippen LogP) is 0.331. The number of hydrogen-bond acceptors (Lipinski definition) is 6. The number of nitrogens with two attached hydrogens (primary N) is 2. The largest absolute Gasteiger partial charge is 0.443 e. The Labute approximate surface area is 93.9 Å². The molecule has 0 bridgehead atoms. The van der Waals surface area contributed by atoms with Crippen molar-refractivity contribution in [2.45, 2.75) is 19.9 Å². The number of aromatic nitrogens is 1. The summed E-state index contributed by atoms with van der Waals surface area (Å²) in [6.45, 7) is 3.79. The van der Waals surface area contributed by atoms with Crippen LogP contribution in [0.15, 0.2) is 23.1 Å². The number of nitrogens with zero attached hydrogens (tertiary/aromatic N) is 2. The minimum Gasteiger partial charge on any atom is -0.443 e. The fourth-order valence-corrected chi connectivity index (χ4v) is 1.24. The molecule has 88 valence electrons. The molecule has 0 spiro atoms. The molecule has 1 rings (SSSR count). The quantitative estimate of drug-likeness (QED) is 0.425. The highest BCUT2D eigenvalue weighted by Gasteiger charge is 2.17. The summed E-state index contributed by atoms with van der Waals surface area (Å²) in [7, 11) is 0. The lowest BCUT2D eigenvalue weighted by Gasteiger charge is -2.24. The van der Waals surface area contributed by atoms with Crippen molar-refractivity contribution in [3.63, 3.8) is 0 Å². The molecule has 0 aromatic carbocycles. The van der Waals surface area contributed by atoms with Crippen molar-refractivity contribution < 1.29 is 9.21 Å². The van der Waals surface area contributed by atoms with Gasteiger partial charge in [0.2, 0.25) is 5.89 Å². The van der Waals surface area contributed by atoms with Gasteiger partial charge in [-0.3, -0.25) is 0 Å². The Hall–Kier alpha value is -1.82. The first-order valence-electron chi connectivity index (χ1n) is 4.91. The number of oxazole rings is 1. The van der Waals surface area contributed by atoms with Gasteiger partial charge in [-0.2, -0.15) is 0 Å². The second kappa shape index (κ2) is 5.32. The van der Waals surface area contributed by atoms with Crippen LogP contribution >= 0.6 is 0 Å². The van der Waals surface area contributed by atoms with Crippen molar-refractivity contribution in [2.24, 2.45) is 17.5 Å². The summed E-state index contributed by atoms with van der Waals surface area (Å²) in [5.74, 6) is 6.09. The van der Waals surface area contributed by atoms with E-state index in [2.05, 4.69) is 4.98 Å². The van der Waals surface area contributed by atoms with Gasteiger partial charge in [0.1, 0.15) is 24.3 Å². The molecule has 1 heterocycles. The van der Waals surface area contributed by atoms with E-state index in [-0.39, 0.29) is 17.5 Å². The highest BCUT2D eigenvalue weighted by Crippen LogP contribution is 2.10. The third-order valence-corrected chi connectivity index (χ3v) is 2.13. The second-order valence-corrected chi connectivity index (χ2v) is 3.74. The van der Waals surface area contributed by atoms with Gasteiger partial charge in [-0.1, -0.05) is 13.8 Å². The Morgan fingerprint density at radius 3 is 2.75 bits per heavy atom. The fraction of sp³-hybridized carbons (Fsp3) is 0.400. The van der Waals surface area contributed by atoms with Crippen molar-refractivity contribution in [2.75, 3.05) is 0 Å². The zero-order valence-corrected chi connectivity index (χ0v) is 9.33. The van der Waals surface area contributed by atoms with E-state index in [1.54, 1.807) is 0 Å². The predicted molar refractivity (Wildman–Crippen MR) is 59.4 cm³/mol. The van der Waals surface area contributed by atoms with E-state index in [4.69, 9.17) is 16.0 Å². The summed E-state index contributed by atoms with van der Waals surface area (Å²) in [6, 6.07) is -0.423. The van der Waals surface area contributed by atoms with E-state index in [1.807, 2.05) is 13.8 Å². The normalized spacial score (nSPS) is 13.9. The number of carbonyl (C=O) groups excluding carboxylic acids is 1. The molecule has 0 saturated heterocycles. The molecule has 0 amide bonds. The molecule has 16 heavy (non-hydrogen) atoms. The molecular formula is C10H16N4O2. The van der Waals surface area contributed by atoms with Crippen LogP contribution in [0.1, 0.15) is 19.7 Å². The van der Waals surface area contributed by atoms with Crippen molar-refractivity contribution in [1.82, 2.24) is 9.99 Å². The van der Waals surface area contributed by atoms with Gasteiger partial charge in [-0.25, -0.2) is 10.8 Å². The third kappa shape index (κ3) is 2.83. The van der Waals surface area contributed by atoms with Gasteiger partial charge >= 0.3 is 0 Å². The number of carbonyl (C=O) groups is 1. The molecule has 0 aliphatic rings. The fourth-order valence-electron chi connectivity index (χ4n) is 1.24. The molecule has 4 N–H and O–H groups in total. The summed E-state index contributed by atoms with van der Waals surface area (Å²) in [4.78, 5) is 14.7. The van der Waals surface area contributed by atoms with Gasteiger partial charge in [-0.15, -0.1) is 0 Å². The van der Waals surface area contributed by atoms with E-state index >= 15 is 0 Å². The number of hydrazine groups is 1. The first kappa shape index (κ1) is 12.3. The molecule has 0 fully saturated rings. The van der Waals surface area contributed by atoms with Gasteiger partial charge in [0, 0.05) is 6.20 Å². The zero-order chi connectivity index (χ0) is 12.1. The van der Waals surface area contributed by atoms with Crippen LogP contribution in [0.3, 0.4) is 0 Å². The Morgan fingerprint density at radius 1 is 1.62 bits per heavy atom. The number of rotatable bonds is 5. The smallest absolute Gasteiger partial charge is 0.243 e. The Morgan fingerprint density at radius 2 is 2.31 bits per heavy atom. The monoisotopic (exact) mass is 224 g/mol. The van der Waals surface area contributed by atoms with Gasteiger partial charge in [0.25, 0.3) is 0 Å². The lowest BCUT2D eigenvalue weighted by molar-refractivity contribution is -0.112. The SMILES string of the molecule is CC(C)C(C=O)N(N)/C=C(\N)c1ncco1. The summed E-state index contributed by atoms with van der Waals surface area (Å²) in [5, 5.41) is 1.26. The van der Waals surface area contributed by atoms with Crippen LogP contribution in [0.2, 0.25) is 0 Å². The van der Waals surface area contributed by atoms with Crippen LogP contribution in [0.5, 0.6) is 0 Å². The van der Waals surface area contributed by atoms with Crippen molar-refractivity contribution >= 4 is 12.0 Å². The molecule has 1 unspecified atom stereocenters. The molecule has 1 atom stereocenters. The molecule has 6 heteroatoms. The summed E-state index contributed by atoms with van der Waals surface area (Å²) < 4.78 is 5.00. The van der Waals surface area contributed by atoms with Gasteiger partial charge in [0.15, 0.2) is 0 Å². The molecule has 1 aromatic rings. The molecule has 6 nitrogen and oxygen atoms in total. The Balaban J connectivity index is 2.79. The van der Waals surface area contributed by atoms with Crippen LogP contribution in [0, 0.1) is 5.92 Å². The van der Waals surface area contributed by atoms with E-state index in [0.29, 0.717) is 0 Å². The first-order valence-corrected chi connectivity index (χ1v) is 4.91. The summed E-state index contributed by atoms with van der Waals surface area (Å²) in [6.07, 6.45) is 5.11. The van der Waals surface area contributed by atoms with Gasteiger partial charge in [0.05, 0.1) is 6.20 Å². The summed E-state index contributed by atoms with van der Waals surface area (Å²) >= 11 is 0. The van der Waals surface area contributed by atoms with Crippen LogP contribution in [0.25, 0.3) is 5.70 Å². The second-order valence-electron chi connectivity index (χ2n) is 3.74. The minimum atomic E-state index is -0.423. The van der Waals surface area contributed by atoms with Gasteiger partial charge < -0.3 is 20.0 Å². The highest BCUT2D eigenvalue weighted by molar-refractivity contribution is 5.60. The lowest BCUT2D eigenvalue weighted by atomic mass is 10.1. The van der Waals surface area contributed by atoms with Crippen LogP contribution in [-0.4, -0.2) is 22.3 Å². The van der Waals surface area contributed by atoms with E-state index in [9.17, 15) is 4.79 Å². The molecule has 0 aliphatic heterocycles.